The lowest BCUT2D eigenvalue weighted by Crippen LogP contribution is -2.17. The van der Waals surface area contributed by atoms with Crippen LogP contribution in [0, 0.1) is 0 Å². The number of hydrogen-bond donors (Lipinski definition) is 1. The van der Waals surface area contributed by atoms with E-state index in [0.717, 1.165) is 36.1 Å². The Morgan fingerprint density at radius 2 is 1.90 bits per heavy atom. The van der Waals surface area contributed by atoms with Crippen LogP contribution in [0.2, 0.25) is 5.02 Å². The van der Waals surface area contributed by atoms with Gasteiger partial charge in [-0.3, -0.25) is 0 Å². The van der Waals surface area contributed by atoms with E-state index in [1.54, 1.807) is 0 Å². The van der Waals surface area contributed by atoms with Gasteiger partial charge in [0, 0.05) is 28.9 Å². The highest BCUT2D eigenvalue weighted by Gasteiger charge is 2.23. The number of hydrogen-bond acceptors (Lipinski definition) is 2. The fourth-order valence-electron chi connectivity index (χ4n) is 2.72. The topological polar surface area (TPSA) is 29.9 Å². The van der Waals surface area contributed by atoms with Crippen LogP contribution in [0.3, 0.4) is 0 Å². The molecule has 0 saturated heterocycles. The molecule has 0 spiro atoms. The molecule has 1 saturated carbocycles. The standard InChI is InChI=1S/C17H22ClN3/c1-3-16-15(11-19-13-7-8-13)17(4-2)21(20-16)14-9-5-12(18)6-10-14/h5-6,9-10,13,19H,3-4,7-8,11H2,1-2H3. The minimum Gasteiger partial charge on any atom is -0.310 e. The first kappa shape index (κ1) is 14.6. The molecule has 2 aromatic rings. The molecule has 0 bridgehead atoms. The predicted molar refractivity (Wildman–Crippen MR) is 87.2 cm³/mol. The molecule has 1 aliphatic rings. The van der Waals surface area contributed by atoms with Gasteiger partial charge in [0.2, 0.25) is 0 Å². The second kappa shape index (κ2) is 6.20. The van der Waals surface area contributed by atoms with Crippen molar-refractivity contribution >= 4 is 11.6 Å². The maximum atomic E-state index is 5.99. The molecule has 1 N–H and O–H groups in total. The van der Waals surface area contributed by atoms with Gasteiger partial charge in [0.15, 0.2) is 0 Å². The molecule has 0 radical (unpaired) electrons. The summed E-state index contributed by atoms with van der Waals surface area (Å²) in [7, 11) is 0. The van der Waals surface area contributed by atoms with Crippen molar-refractivity contribution in [3.05, 3.63) is 46.2 Å². The third-order valence-corrected chi connectivity index (χ3v) is 4.31. The Bertz CT molecular complexity index is 612. The van der Waals surface area contributed by atoms with Gasteiger partial charge in [-0.15, -0.1) is 0 Å². The Balaban J connectivity index is 1.96. The number of aromatic nitrogens is 2. The molecule has 4 heteroatoms. The smallest absolute Gasteiger partial charge is 0.0674 e. The Hall–Kier alpha value is -1.32. The molecule has 3 nitrogen and oxygen atoms in total. The highest BCUT2D eigenvalue weighted by Crippen LogP contribution is 2.24. The number of aryl methyl sites for hydroxylation is 1. The van der Waals surface area contributed by atoms with Crippen LogP contribution < -0.4 is 5.32 Å². The molecule has 1 aromatic carbocycles. The van der Waals surface area contributed by atoms with E-state index in [1.165, 1.54) is 29.8 Å². The summed E-state index contributed by atoms with van der Waals surface area (Å²) in [6.07, 6.45) is 4.58. The van der Waals surface area contributed by atoms with Gasteiger partial charge in [-0.25, -0.2) is 4.68 Å². The monoisotopic (exact) mass is 303 g/mol. The van der Waals surface area contributed by atoms with Crippen LogP contribution in [0.5, 0.6) is 0 Å². The third kappa shape index (κ3) is 3.14. The van der Waals surface area contributed by atoms with E-state index in [9.17, 15) is 0 Å². The first-order valence-corrected chi connectivity index (χ1v) is 8.19. The molecule has 1 aliphatic carbocycles. The molecular formula is C17H22ClN3. The summed E-state index contributed by atoms with van der Waals surface area (Å²) >= 11 is 5.99. The number of halogens is 1. The van der Waals surface area contributed by atoms with E-state index >= 15 is 0 Å². The average molecular weight is 304 g/mol. The summed E-state index contributed by atoms with van der Waals surface area (Å²) in [5.74, 6) is 0. The minimum atomic E-state index is 0.721. The van der Waals surface area contributed by atoms with Gasteiger partial charge in [0.1, 0.15) is 0 Å². The lowest BCUT2D eigenvalue weighted by molar-refractivity contribution is 0.677. The quantitative estimate of drug-likeness (QED) is 0.877. The molecule has 1 aromatic heterocycles. The molecule has 1 heterocycles. The van der Waals surface area contributed by atoms with Crippen molar-refractivity contribution in [3.63, 3.8) is 0 Å². The van der Waals surface area contributed by atoms with Crippen LogP contribution in [0.25, 0.3) is 5.69 Å². The zero-order valence-corrected chi connectivity index (χ0v) is 13.5. The Morgan fingerprint density at radius 3 is 2.48 bits per heavy atom. The van der Waals surface area contributed by atoms with Crippen molar-refractivity contribution in [2.45, 2.75) is 52.1 Å². The van der Waals surface area contributed by atoms with Gasteiger partial charge >= 0.3 is 0 Å². The molecule has 1 fully saturated rings. The molecule has 0 atom stereocenters. The predicted octanol–water partition coefficient (Wildman–Crippen LogP) is 3.90. The second-order valence-electron chi connectivity index (χ2n) is 5.62. The van der Waals surface area contributed by atoms with Crippen molar-refractivity contribution in [2.75, 3.05) is 0 Å². The number of nitrogens with zero attached hydrogens (tertiary/aromatic N) is 2. The zero-order chi connectivity index (χ0) is 14.8. The number of benzene rings is 1. The maximum Gasteiger partial charge on any atom is 0.0674 e. The fraction of sp³-hybridized carbons (Fsp3) is 0.471. The van der Waals surface area contributed by atoms with Crippen molar-refractivity contribution in [1.29, 1.82) is 0 Å². The van der Waals surface area contributed by atoms with Crippen LogP contribution in [-0.4, -0.2) is 15.8 Å². The van der Waals surface area contributed by atoms with Crippen molar-refractivity contribution in [2.24, 2.45) is 0 Å². The number of rotatable bonds is 6. The minimum absolute atomic E-state index is 0.721. The fourth-order valence-corrected chi connectivity index (χ4v) is 2.84. The summed E-state index contributed by atoms with van der Waals surface area (Å²) in [5.41, 5.74) is 4.97. The highest BCUT2D eigenvalue weighted by atomic mass is 35.5. The lowest BCUT2D eigenvalue weighted by atomic mass is 10.1. The summed E-state index contributed by atoms with van der Waals surface area (Å²) in [6.45, 7) is 5.31. The van der Waals surface area contributed by atoms with Gasteiger partial charge < -0.3 is 5.32 Å². The van der Waals surface area contributed by atoms with Gasteiger partial charge in [0.05, 0.1) is 11.4 Å². The first-order valence-electron chi connectivity index (χ1n) is 7.81. The van der Waals surface area contributed by atoms with E-state index in [4.69, 9.17) is 16.7 Å². The second-order valence-corrected chi connectivity index (χ2v) is 6.06. The van der Waals surface area contributed by atoms with Gasteiger partial charge in [-0.05, 0) is 49.9 Å². The SMILES string of the molecule is CCc1nn(-c2ccc(Cl)cc2)c(CC)c1CNC1CC1. The van der Waals surface area contributed by atoms with Crippen molar-refractivity contribution in [1.82, 2.24) is 15.1 Å². The Kier molecular flexibility index (Phi) is 4.32. The average Bonchev–Trinajstić information content (AvgIpc) is 3.26. The molecule has 0 aliphatic heterocycles. The molecule has 3 rings (SSSR count). The van der Waals surface area contributed by atoms with Gasteiger partial charge in [-0.2, -0.15) is 5.10 Å². The third-order valence-electron chi connectivity index (χ3n) is 4.06. The Morgan fingerprint density at radius 1 is 1.19 bits per heavy atom. The molecule has 112 valence electrons. The first-order chi connectivity index (χ1) is 10.2. The Labute approximate surface area is 131 Å². The summed E-state index contributed by atoms with van der Waals surface area (Å²) < 4.78 is 2.08. The van der Waals surface area contributed by atoms with E-state index < -0.39 is 0 Å². The summed E-state index contributed by atoms with van der Waals surface area (Å²) in [4.78, 5) is 0. The van der Waals surface area contributed by atoms with Crippen LogP contribution in [-0.2, 0) is 19.4 Å². The summed E-state index contributed by atoms with van der Waals surface area (Å²) in [5, 5.41) is 9.21. The zero-order valence-electron chi connectivity index (χ0n) is 12.7. The largest absolute Gasteiger partial charge is 0.310 e. The van der Waals surface area contributed by atoms with E-state index in [2.05, 4.69) is 23.8 Å². The van der Waals surface area contributed by atoms with Crippen LogP contribution in [0.15, 0.2) is 24.3 Å². The summed E-state index contributed by atoms with van der Waals surface area (Å²) in [6, 6.07) is 8.63. The van der Waals surface area contributed by atoms with Gasteiger partial charge in [-0.1, -0.05) is 25.4 Å². The molecule has 0 amide bonds. The van der Waals surface area contributed by atoms with Crippen molar-refractivity contribution in [3.8, 4) is 5.69 Å². The van der Waals surface area contributed by atoms with E-state index in [-0.39, 0.29) is 0 Å². The van der Waals surface area contributed by atoms with Crippen LogP contribution in [0.4, 0.5) is 0 Å². The van der Waals surface area contributed by atoms with Crippen LogP contribution >= 0.6 is 11.6 Å². The highest BCUT2D eigenvalue weighted by molar-refractivity contribution is 6.30. The maximum absolute atomic E-state index is 5.99. The molecule has 0 unspecified atom stereocenters. The van der Waals surface area contributed by atoms with Crippen LogP contribution in [0.1, 0.15) is 43.6 Å². The van der Waals surface area contributed by atoms with Gasteiger partial charge in [0.25, 0.3) is 0 Å². The molecule has 21 heavy (non-hydrogen) atoms. The number of nitrogens with one attached hydrogen (secondary N) is 1. The lowest BCUT2D eigenvalue weighted by Gasteiger charge is -2.09. The van der Waals surface area contributed by atoms with Crippen molar-refractivity contribution < 1.29 is 0 Å². The van der Waals surface area contributed by atoms with E-state index in [0.29, 0.717) is 0 Å². The molecular weight excluding hydrogens is 282 g/mol. The normalized spacial score (nSPS) is 14.6. The van der Waals surface area contributed by atoms with E-state index in [1.807, 2.05) is 24.3 Å².